The molecule has 1 atom stereocenters. The third kappa shape index (κ3) is 8.07. The number of nitrogens with zero attached hydrogens (tertiary/aromatic N) is 2. The molecule has 0 aliphatic rings. The van der Waals surface area contributed by atoms with E-state index in [2.05, 4.69) is 21.3 Å². The van der Waals surface area contributed by atoms with Crippen LogP contribution in [0.15, 0.2) is 77.8 Å². The zero-order valence-electron chi connectivity index (χ0n) is 22.6. The molecule has 3 aromatic carbocycles. The van der Waals surface area contributed by atoms with Gasteiger partial charge in [-0.3, -0.25) is 4.79 Å². The predicted molar refractivity (Wildman–Crippen MR) is 150 cm³/mol. The highest BCUT2D eigenvalue weighted by molar-refractivity contribution is 7.89. The molecule has 0 bridgehead atoms. The fourth-order valence-electron chi connectivity index (χ4n) is 4.29. The van der Waals surface area contributed by atoms with E-state index in [1.165, 1.54) is 48.5 Å². The van der Waals surface area contributed by atoms with E-state index in [9.17, 15) is 36.8 Å². The number of fused-ring (bicyclic) bond motifs is 1. The van der Waals surface area contributed by atoms with Gasteiger partial charge in [-0.15, -0.1) is 19.1 Å². The molecule has 0 unspecified atom stereocenters. The van der Waals surface area contributed by atoms with E-state index in [1.54, 1.807) is 35.9 Å². The minimum Gasteiger partial charge on any atom is -0.481 e. The number of nitrogens with one attached hydrogen (secondary N) is 1. The average Bonchev–Trinajstić information content (AvgIpc) is 3.29. The van der Waals surface area contributed by atoms with Crippen molar-refractivity contribution in [1.82, 2.24) is 9.29 Å². The van der Waals surface area contributed by atoms with E-state index in [-0.39, 0.29) is 30.2 Å². The van der Waals surface area contributed by atoms with Gasteiger partial charge in [0.2, 0.25) is 10.0 Å². The summed E-state index contributed by atoms with van der Waals surface area (Å²) in [5.41, 5.74) is 1.98. The van der Waals surface area contributed by atoms with E-state index in [0.717, 1.165) is 0 Å². The van der Waals surface area contributed by atoms with Gasteiger partial charge in [0.25, 0.3) is 0 Å². The first-order valence-corrected chi connectivity index (χ1v) is 14.1. The van der Waals surface area contributed by atoms with Crippen LogP contribution in [-0.2, 0) is 27.8 Å². The summed E-state index contributed by atoms with van der Waals surface area (Å²) in [5, 5.41) is 19.9. The molecule has 0 radical (unpaired) electrons. The summed E-state index contributed by atoms with van der Waals surface area (Å²) in [4.78, 5) is 12.0. The lowest BCUT2D eigenvalue weighted by Crippen LogP contribution is -2.42. The van der Waals surface area contributed by atoms with Crippen LogP contribution in [0.3, 0.4) is 0 Å². The molecular formula is C30H24F3N3O6S. The minimum atomic E-state index is -4.82. The second-order valence-electron chi connectivity index (χ2n) is 9.22. The van der Waals surface area contributed by atoms with Gasteiger partial charge in [0.15, 0.2) is 0 Å². The molecule has 0 aliphatic carbocycles. The first kappa shape index (κ1) is 31.0. The van der Waals surface area contributed by atoms with Crippen LogP contribution in [0.4, 0.5) is 13.2 Å². The zero-order valence-corrected chi connectivity index (χ0v) is 23.4. The minimum absolute atomic E-state index is 0.126. The number of benzene rings is 3. The lowest BCUT2D eigenvalue weighted by Gasteiger charge is -2.15. The summed E-state index contributed by atoms with van der Waals surface area (Å²) >= 11 is 0. The van der Waals surface area contributed by atoms with Gasteiger partial charge in [-0.25, -0.2) is 8.42 Å². The van der Waals surface area contributed by atoms with Gasteiger partial charge < -0.3 is 19.1 Å². The molecule has 0 amide bonds. The summed E-state index contributed by atoms with van der Waals surface area (Å²) in [6.45, 7) is 1.97. The van der Waals surface area contributed by atoms with Crippen molar-refractivity contribution < 1.29 is 41.0 Å². The second-order valence-corrected chi connectivity index (χ2v) is 10.9. The van der Waals surface area contributed by atoms with Crippen LogP contribution >= 0.6 is 0 Å². The van der Waals surface area contributed by atoms with E-state index in [1.807, 2.05) is 6.07 Å². The number of nitriles is 1. The number of carbonyl (C=O) groups is 1. The van der Waals surface area contributed by atoms with Crippen LogP contribution in [0.2, 0.25) is 0 Å². The monoisotopic (exact) mass is 611 g/mol. The zero-order chi connectivity index (χ0) is 31.2. The number of carboxylic acid groups (broad SMARTS) is 1. The van der Waals surface area contributed by atoms with Gasteiger partial charge in [-0.1, -0.05) is 18.1 Å². The molecule has 4 aromatic rings. The third-order valence-electron chi connectivity index (χ3n) is 6.24. The van der Waals surface area contributed by atoms with Crippen LogP contribution in [0.5, 0.6) is 11.5 Å². The number of sulfonamides is 1. The molecule has 1 heterocycles. The normalized spacial score (nSPS) is 12.2. The largest absolute Gasteiger partial charge is 0.573 e. The molecule has 2 N–H and O–H groups in total. The molecule has 0 spiro atoms. The number of carboxylic acids is 1. The van der Waals surface area contributed by atoms with Crippen molar-refractivity contribution in [3.05, 3.63) is 89.6 Å². The van der Waals surface area contributed by atoms with Crippen molar-refractivity contribution in [2.45, 2.75) is 37.2 Å². The Kier molecular flexibility index (Phi) is 9.29. The predicted octanol–water partition coefficient (Wildman–Crippen LogP) is 4.84. The molecular weight excluding hydrogens is 587 g/mol. The fraction of sp³-hybridized carbons (Fsp3) is 0.200. The first-order valence-electron chi connectivity index (χ1n) is 12.6. The Labute approximate surface area is 245 Å². The molecule has 222 valence electrons. The number of hydrogen-bond acceptors (Lipinski definition) is 6. The molecule has 1 aromatic heterocycles. The van der Waals surface area contributed by atoms with Crippen LogP contribution in [0.25, 0.3) is 10.9 Å². The Morgan fingerprint density at radius 2 is 1.74 bits per heavy atom. The molecule has 9 nitrogen and oxygen atoms in total. The molecule has 13 heteroatoms. The van der Waals surface area contributed by atoms with Crippen molar-refractivity contribution >= 4 is 26.9 Å². The Hall–Kier alpha value is -4.98. The van der Waals surface area contributed by atoms with Crippen molar-refractivity contribution in [2.24, 2.45) is 0 Å². The van der Waals surface area contributed by atoms with E-state index < -0.39 is 28.4 Å². The fourth-order valence-corrected chi connectivity index (χ4v) is 5.48. The Morgan fingerprint density at radius 1 is 1.07 bits per heavy atom. The number of hydrogen-bond donors (Lipinski definition) is 2. The summed E-state index contributed by atoms with van der Waals surface area (Å²) in [5.74, 6) is 3.98. The first-order chi connectivity index (χ1) is 20.4. The molecule has 43 heavy (non-hydrogen) atoms. The SMILES string of the molecule is CC#CCOc1ccc(S(=O)(=O)N[C@@H](Cc2cn(Cc3ccc(OC(F)(F)F)cc3)c3ccc(C#N)cc23)C(=O)O)cc1. The van der Waals surface area contributed by atoms with Gasteiger partial charge in [-0.2, -0.15) is 9.98 Å². The van der Waals surface area contributed by atoms with Crippen LogP contribution in [0.1, 0.15) is 23.6 Å². The molecule has 4 rings (SSSR count). The van der Waals surface area contributed by atoms with Gasteiger partial charge >= 0.3 is 12.3 Å². The maximum absolute atomic E-state index is 13.1. The maximum atomic E-state index is 13.1. The number of alkyl halides is 3. The number of aliphatic carboxylic acids is 1. The molecule has 0 saturated heterocycles. The van der Waals surface area contributed by atoms with Gasteiger partial charge in [0.05, 0.1) is 16.5 Å². The smallest absolute Gasteiger partial charge is 0.481 e. The summed E-state index contributed by atoms with van der Waals surface area (Å²) in [7, 11) is -4.26. The van der Waals surface area contributed by atoms with Gasteiger partial charge in [0, 0.05) is 30.1 Å². The number of halogens is 3. The topological polar surface area (TPSA) is 131 Å². The highest BCUT2D eigenvalue weighted by atomic mass is 32.2. The Morgan fingerprint density at radius 3 is 2.35 bits per heavy atom. The van der Waals surface area contributed by atoms with Crippen molar-refractivity contribution in [2.75, 3.05) is 6.61 Å². The van der Waals surface area contributed by atoms with E-state index >= 15 is 0 Å². The lowest BCUT2D eigenvalue weighted by molar-refractivity contribution is -0.274. The molecule has 0 saturated carbocycles. The van der Waals surface area contributed by atoms with E-state index in [4.69, 9.17) is 4.74 Å². The van der Waals surface area contributed by atoms with Crippen LogP contribution in [-0.4, -0.2) is 43.1 Å². The second kappa shape index (κ2) is 12.9. The van der Waals surface area contributed by atoms with Gasteiger partial charge in [0.1, 0.15) is 24.1 Å². The maximum Gasteiger partial charge on any atom is 0.573 e. The summed E-state index contributed by atoms with van der Waals surface area (Å²) in [6, 6.07) is 16.0. The molecule has 0 fully saturated rings. The van der Waals surface area contributed by atoms with Gasteiger partial charge in [-0.05, 0) is 72.6 Å². The summed E-state index contributed by atoms with van der Waals surface area (Å²) in [6.07, 6.45) is -3.46. The van der Waals surface area contributed by atoms with Crippen LogP contribution in [0, 0.1) is 23.2 Å². The number of ether oxygens (including phenoxy) is 2. The van der Waals surface area contributed by atoms with E-state index in [0.29, 0.717) is 33.3 Å². The van der Waals surface area contributed by atoms with Crippen molar-refractivity contribution in [1.29, 1.82) is 5.26 Å². The highest BCUT2D eigenvalue weighted by Gasteiger charge is 2.31. The lowest BCUT2D eigenvalue weighted by atomic mass is 10.0. The van der Waals surface area contributed by atoms with Crippen LogP contribution < -0.4 is 14.2 Å². The quantitative estimate of drug-likeness (QED) is 0.232. The standard InChI is InChI=1S/C30H24F3N3O6S/c1-2-3-14-41-23-9-11-25(12-10-23)43(39,40)35-27(29(37)38)16-22-19-36(28-13-6-21(17-34)15-26(22)28)18-20-4-7-24(8-5-20)42-30(31,32)33/h4-13,15,19,27,35H,14,16,18H2,1H3,(H,37,38)/t27-/m0/s1. The number of rotatable bonds is 11. The number of aromatic nitrogens is 1. The highest BCUT2D eigenvalue weighted by Crippen LogP contribution is 2.27. The Balaban J connectivity index is 1.60. The van der Waals surface area contributed by atoms with Crippen molar-refractivity contribution in [3.63, 3.8) is 0 Å². The third-order valence-corrected chi connectivity index (χ3v) is 7.73. The average molecular weight is 612 g/mol. The Bertz CT molecular complexity index is 1830. The van der Waals surface area contributed by atoms with Crippen molar-refractivity contribution in [3.8, 4) is 29.4 Å². The molecule has 0 aliphatic heterocycles. The summed E-state index contributed by atoms with van der Waals surface area (Å²) < 4.78 is 76.9.